The molecule has 1 fully saturated rings. The van der Waals surface area contributed by atoms with E-state index in [4.69, 9.17) is 10.5 Å². The second-order valence-electron chi connectivity index (χ2n) is 8.95. The summed E-state index contributed by atoms with van der Waals surface area (Å²) >= 11 is 1.59. The number of ether oxygens (including phenoxy) is 1. The zero-order valence-corrected chi connectivity index (χ0v) is 19.2. The molecule has 0 radical (unpaired) electrons. The Morgan fingerprint density at radius 2 is 1.94 bits per heavy atom. The first kappa shape index (κ1) is 21.7. The number of carbonyl (C=O) groups excluding carboxylic acids is 1. The zero-order chi connectivity index (χ0) is 22.0. The Hall–Kier alpha value is -2.48. The molecule has 0 aliphatic carbocycles. The van der Waals surface area contributed by atoms with E-state index in [1.165, 1.54) is 5.56 Å². The first-order valence-corrected chi connectivity index (χ1v) is 11.5. The second-order valence-corrected chi connectivity index (χ2v) is 10.00. The van der Waals surface area contributed by atoms with Crippen molar-refractivity contribution < 1.29 is 9.53 Å². The average Bonchev–Trinajstić information content (AvgIpc) is 3.19. The van der Waals surface area contributed by atoms with Gasteiger partial charge in [0.05, 0.1) is 23.5 Å². The Balaban J connectivity index is 1.61. The molecule has 7 heteroatoms. The van der Waals surface area contributed by atoms with Crippen LogP contribution in [-0.2, 0) is 10.2 Å². The number of hydrogen-bond acceptors (Lipinski definition) is 6. The van der Waals surface area contributed by atoms with Gasteiger partial charge in [-0.15, -0.1) is 11.3 Å². The smallest absolute Gasteiger partial charge is 0.251 e. The number of anilines is 1. The first-order valence-electron chi connectivity index (χ1n) is 10.7. The SMILES string of the molecule is CC(C)(C)c1ccc(-c2cc3c(NCCN4CCOCC4)ncc(C(N)=O)c3s2)cc1. The monoisotopic (exact) mass is 438 g/mol. The van der Waals surface area contributed by atoms with Crippen LogP contribution in [0.2, 0.25) is 0 Å². The van der Waals surface area contributed by atoms with Gasteiger partial charge in [0.1, 0.15) is 5.82 Å². The van der Waals surface area contributed by atoms with Crippen LogP contribution in [0.3, 0.4) is 0 Å². The molecule has 3 N–H and O–H groups in total. The molecule has 6 nitrogen and oxygen atoms in total. The van der Waals surface area contributed by atoms with Crippen LogP contribution in [0.15, 0.2) is 36.5 Å². The number of morpholine rings is 1. The Kier molecular flexibility index (Phi) is 6.27. The molecule has 4 rings (SSSR count). The molecule has 0 spiro atoms. The van der Waals surface area contributed by atoms with Crippen molar-refractivity contribution in [2.24, 2.45) is 5.73 Å². The summed E-state index contributed by atoms with van der Waals surface area (Å²) < 4.78 is 6.29. The number of nitrogens with zero attached hydrogens (tertiary/aromatic N) is 2. The number of aromatic nitrogens is 1. The van der Waals surface area contributed by atoms with Crippen LogP contribution in [-0.4, -0.2) is 55.2 Å². The lowest BCUT2D eigenvalue weighted by Gasteiger charge is -2.26. The summed E-state index contributed by atoms with van der Waals surface area (Å²) in [4.78, 5) is 20.0. The number of benzene rings is 1. The fourth-order valence-corrected chi connectivity index (χ4v) is 4.95. The number of rotatable bonds is 6. The molecule has 31 heavy (non-hydrogen) atoms. The van der Waals surface area contributed by atoms with Crippen LogP contribution in [0.25, 0.3) is 20.5 Å². The van der Waals surface area contributed by atoms with Gasteiger partial charge in [-0.1, -0.05) is 45.0 Å². The van der Waals surface area contributed by atoms with Gasteiger partial charge in [-0.05, 0) is 22.6 Å². The van der Waals surface area contributed by atoms with Gasteiger partial charge < -0.3 is 15.8 Å². The number of carbonyl (C=O) groups is 1. The number of nitrogens with one attached hydrogen (secondary N) is 1. The third-order valence-corrected chi connectivity index (χ3v) is 6.90. The maximum Gasteiger partial charge on any atom is 0.251 e. The largest absolute Gasteiger partial charge is 0.379 e. The van der Waals surface area contributed by atoms with E-state index < -0.39 is 5.91 Å². The van der Waals surface area contributed by atoms with Crippen molar-refractivity contribution in [3.05, 3.63) is 47.7 Å². The Labute approximate surface area is 187 Å². The highest BCUT2D eigenvalue weighted by molar-refractivity contribution is 7.22. The number of hydrogen-bond donors (Lipinski definition) is 2. The fraction of sp³-hybridized carbons (Fsp3) is 0.417. The van der Waals surface area contributed by atoms with E-state index in [-0.39, 0.29) is 5.41 Å². The van der Waals surface area contributed by atoms with E-state index >= 15 is 0 Å². The third kappa shape index (κ3) is 4.89. The lowest BCUT2D eigenvalue weighted by atomic mass is 9.86. The Morgan fingerprint density at radius 1 is 1.23 bits per heavy atom. The predicted molar refractivity (Wildman–Crippen MR) is 128 cm³/mol. The molecule has 164 valence electrons. The highest BCUT2D eigenvalue weighted by Crippen LogP contribution is 2.38. The fourth-order valence-electron chi connectivity index (χ4n) is 3.77. The number of amides is 1. The summed E-state index contributed by atoms with van der Waals surface area (Å²) in [5.41, 5.74) is 8.63. The Bertz CT molecular complexity index is 1060. The van der Waals surface area contributed by atoms with Crippen LogP contribution < -0.4 is 11.1 Å². The molecule has 0 atom stereocenters. The number of primary amides is 1. The van der Waals surface area contributed by atoms with Crippen LogP contribution in [0.1, 0.15) is 36.7 Å². The van der Waals surface area contributed by atoms with Crippen LogP contribution in [0, 0.1) is 0 Å². The quantitative estimate of drug-likeness (QED) is 0.606. The summed E-state index contributed by atoms with van der Waals surface area (Å²) in [6.07, 6.45) is 1.59. The van der Waals surface area contributed by atoms with Gasteiger partial charge in [0.2, 0.25) is 0 Å². The highest BCUT2D eigenvalue weighted by Gasteiger charge is 2.18. The molecular weight excluding hydrogens is 408 g/mol. The lowest BCUT2D eigenvalue weighted by molar-refractivity contribution is 0.0398. The summed E-state index contributed by atoms with van der Waals surface area (Å²) in [5, 5.41) is 4.40. The molecule has 3 aromatic rings. The molecule has 0 saturated carbocycles. The maximum absolute atomic E-state index is 12.0. The van der Waals surface area contributed by atoms with Crippen molar-refractivity contribution in [3.8, 4) is 10.4 Å². The molecule has 1 aliphatic rings. The second kappa shape index (κ2) is 8.94. The Morgan fingerprint density at radius 3 is 2.58 bits per heavy atom. The highest BCUT2D eigenvalue weighted by atomic mass is 32.1. The molecule has 1 amide bonds. The van der Waals surface area contributed by atoms with Gasteiger partial charge in [0.25, 0.3) is 5.91 Å². The van der Waals surface area contributed by atoms with Gasteiger partial charge in [0.15, 0.2) is 0 Å². The minimum atomic E-state index is -0.450. The van der Waals surface area contributed by atoms with Gasteiger partial charge in [-0.3, -0.25) is 9.69 Å². The number of nitrogens with two attached hydrogens (primary N) is 1. The minimum Gasteiger partial charge on any atom is -0.379 e. The molecule has 0 bridgehead atoms. The van der Waals surface area contributed by atoms with E-state index in [0.29, 0.717) is 5.56 Å². The predicted octanol–water partition coefficient (Wildman–Crippen LogP) is 4.10. The molecule has 1 aromatic carbocycles. The zero-order valence-electron chi connectivity index (χ0n) is 18.4. The molecule has 2 aromatic heterocycles. The number of fused-ring (bicyclic) bond motifs is 1. The van der Waals surface area contributed by atoms with Gasteiger partial charge in [-0.25, -0.2) is 4.98 Å². The lowest BCUT2D eigenvalue weighted by Crippen LogP contribution is -2.39. The maximum atomic E-state index is 12.0. The van der Waals surface area contributed by atoms with Crippen molar-refractivity contribution in [1.29, 1.82) is 0 Å². The summed E-state index contributed by atoms with van der Waals surface area (Å²) in [6, 6.07) is 10.8. The minimum absolute atomic E-state index is 0.110. The van der Waals surface area contributed by atoms with Gasteiger partial charge in [0, 0.05) is 42.6 Å². The molecule has 1 aliphatic heterocycles. The molecule has 1 saturated heterocycles. The van der Waals surface area contributed by atoms with Crippen LogP contribution in [0.5, 0.6) is 0 Å². The van der Waals surface area contributed by atoms with Crippen LogP contribution in [0.4, 0.5) is 5.82 Å². The van der Waals surface area contributed by atoms with E-state index in [2.05, 4.69) is 66.3 Å². The van der Waals surface area contributed by atoms with E-state index in [9.17, 15) is 4.79 Å². The summed E-state index contributed by atoms with van der Waals surface area (Å²) in [7, 11) is 0. The standard InChI is InChI=1S/C24H30N4O2S/c1-24(2,3)17-6-4-16(5-7-17)20-14-18-21(31-20)19(22(25)29)15-27-23(18)26-8-9-28-10-12-30-13-11-28/h4-7,14-15H,8-13H2,1-3H3,(H2,25,29)(H,26,27). The van der Waals surface area contributed by atoms with Crippen molar-refractivity contribution >= 4 is 33.1 Å². The summed E-state index contributed by atoms with van der Waals surface area (Å²) in [5.74, 6) is 0.343. The van der Waals surface area contributed by atoms with Gasteiger partial charge in [-0.2, -0.15) is 0 Å². The van der Waals surface area contributed by atoms with E-state index in [1.54, 1.807) is 17.5 Å². The van der Waals surface area contributed by atoms with Crippen molar-refractivity contribution in [3.63, 3.8) is 0 Å². The average molecular weight is 439 g/mol. The van der Waals surface area contributed by atoms with Crippen molar-refractivity contribution in [2.45, 2.75) is 26.2 Å². The number of thiophene rings is 1. The van der Waals surface area contributed by atoms with E-state index in [1.807, 2.05) is 0 Å². The van der Waals surface area contributed by atoms with Gasteiger partial charge >= 0.3 is 0 Å². The number of pyridine rings is 1. The summed E-state index contributed by atoms with van der Waals surface area (Å²) in [6.45, 7) is 11.8. The topological polar surface area (TPSA) is 80.5 Å². The molecular formula is C24H30N4O2S. The van der Waals surface area contributed by atoms with E-state index in [0.717, 1.165) is 65.7 Å². The first-order chi connectivity index (χ1) is 14.8. The normalized spacial score (nSPS) is 15.3. The molecule has 3 heterocycles. The van der Waals surface area contributed by atoms with Crippen LogP contribution >= 0.6 is 11.3 Å². The molecule has 0 unspecified atom stereocenters. The van der Waals surface area contributed by atoms with Crippen molar-refractivity contribution in [1.82, 2.24) is 9.88 Å². The third-order valence-electron chi connectivity index (χ3n) is 5.68. The van der Waals surface area contributed by atoms with Crippen molar-refractivity contribution in [2.75, 3.05) is 44.7 Å².